The van der Waals surface area contributed by atoms with Gasteiger partial charge in [-0.25, -0.2) is 0 Å². The summed E-state index contributed by atoms with van der Waals surface area (Å²) in [5, 5.41) is 8.60. The molecule has 0 aliphatic rings. The molecule has 0 amide bonds. The maximum Gasteiger partial charge on any atom is 0.303 e. The van der Waals surface area contributed by atoms with Gasteiger partial charge in [-0.2, -0.15) is 0 Å². The fourth-order valence-corrected chi connectivity index (χ4v) is 1.69. The second-order valence-electron chi connectivity index (χ2n) is 3.83. The zero-order valence-electron chi connectivity index (χ0n) is 8.62. The molecular formula is C10H21NO2. The Balaban J connectivity index is 3.75. The van der Waals surface area contributed by atoms with Crippen LogP contribution in [0.25, 0.3) is 0 Å². The first-order valence-electron chi connectivity index (χ1n) is 5.02. The van der Waals surface area contributed by atoms with Crippen molar-refractivity contribution in [3.8, 4) is 0 Å². The fourth-order valence-electron chi connectivity index (χ4n) is 1.69. The molecule has 0 radical (unpaired) electrons. The Labute approximate surface area is 80.3 Å². The van der Waals surface area contributed by atoms with E-state index in [2.05, 4.69) is 13.8 Å². The van der Waals surface area contributed by atoms with Gasteiger partial charge in [-0.1, -0.05) is 26.7 Å². The predicted molar refractivity (Wildman–Crippen MR) is 53.5 cm³/mol. The van der Waals surface area contributed by atoms with E-state index >= 15 is 0 Å². The first-order chi connectivity index (χ1) is 6.10. The van der Waals surface area contributed by atoms with Crippen LogP contribution >= 0.6 is 0 Å². The Morgan fingerprint density at radius 2 is 2.15 bits per heavy atom. The highest BCUT2D eigenvalue weighted by Crippen LogP contribution is 2.18. The van der Waals surface area contributed by atoms with Crippen LogP contribution in [0.4, 0.5) is 0 Å². The lowest BCUT2D eigenvalue weighted by molar-refractivity contribution is -0.138. The summed E-state index contributed by atoms with van der Waals surface area (Å²) in [4.78, 5) is 10.5. The molecule has 0 heterocycles. The summed E-state index contributed by atoms with van der Waals surface area (Å²) >= 11 is 0. The SMILES string of the molecule is CCC[C@H](C)C[C@H](CN)CC(=O)O. The van der Waals surface area contributed by atoms with Crippen LogP contribution < -0.4 is 5.73 Å². The van der Waals surface area contributed by atoms with Gasteiger partial charge in [-0.15, -0.1) is 0 Å². The normalized spacial score (nSPS) is 15.3. The monoisotopic (exact) mass is 187 g/mol. The Morgan fingerprint density at radius 1 is 1.54 bits per heavy atom. The zero-order chi connectivity index (χ0) is 10.3. The smallest absolute Gasteiger partial charge is 0.303 e. The number of carboxylic acid groups (broad SMARTS) is 1. The van der Waals surface area contributed by atoms with Crippen LogP contribution in [0.15, 0.2) is 0 Å². The molecule has 0 aromatic heterocycles. The van der Waals surface area contributed by atoms with Crippen LogP contribution in [0.1, 0.15) is 39.5 Å². The van der Waals surface area contributed by atoms with Crippen molar-refractivity contribution in [1.29, 1.82) is 0 Å². The summed E-state index contributed by atoms with van der Waals surface area (Å²) in [6.07, 6.45) is 3.48. The minimum Gasteiger partial charge on any atom is -0.481 e. The Kier molecular flexibility index (Phi) is 6.59. The Bertz CT molecular complexity index is 148. The van der Waals surface area contributed by atoms with Crippen LogP contribution in [-0.4, -0.2) is 17.6 Å². The van der Waals surface area contributed by atoms with Crippen LogP contribution in [0.3, 0.4) is 0 Å². The number of carboxylic acids is 1. The maximum atomic E-state index is 10.5. The van der Waals surface area contributed by atoms with Gasteiger partial charge in [-0.05, 0) is 24.8 Å². The number of carbonyl (C=O) groups is 1. The van der Waals surface area contributed by atoms with E-state index in [1.807, 2.05) is 0 Å². The third-order valence-corrected chi connectivity index (χ3v) is 2.31. The van der Waals surface area contributed by atoms with E-state index in [1.165, 1.54) is 0 Å². The van der Waals surface area contributed by atoms with Crippen molar-refractivity contribution < 1.29 is 9.90 Å². The average molecular weight is 187 g/mol. The highest BCUT2D eigenvalue weighted by molar-refractivity contribution is 5.67. The highest BCUT2D eigenvalue weighted by Gasteiger charge is 2.14. The van der Waals surface area contributed by atoms with Gasteiger partial charge in [0, 0.05) is 6.42 Å². The second-order valence-corrected chi connectivity index (χ2v) is 3.83. The molecule has 3 heteroatoms. The van der Waals surface area contributed by atoms with Gasteiger partial charge >= 0.3 is 5.97 Å². The van der Waals surface area contributed by atoms with Crippen LogP contribution in [0, 0.1) is 11.8 Å². The molecule has 3 N–H and O–H groups in total. The zero-order valence-corrected chi connectivity index (χ0v) is 8.62. The number of aliphatic carboxylic acids is 1. The second kappa shape index (κ2) is 6.89. The molecule has 0 rings (SSSR count). The summed E-state index contributed by atoms with van der Waals surface area (Å²) < 4.78 is 0. The van der Waals surface area contributed by atoms with Crippen molar-refractivity contribution in [2.24, 2.45) is 17.6 Å². The summed E-state index contributed by atoms with van der Waals surface area (Å²) in [5.74, 6) is 0.0103. The van der Waals surface area contributed by atoms with Gasteiger partial charge in [-0.3, -0.25) is 4.79 Å². The van der Waals surface area contributed by atoms with Crippen molar-refractivity contribution in [3.63, 3.8) is 0 Å². The molecular weight excluding hydrogens is 166 g/mol. The molecule has 0 aliphatic heterocycles. The fraction of sp³-hybridized carbons (Fsp3) is 0.900. The number of hydrogen-bond donors (Lipinski definition) is 2. The highest BCUT2D eigenvalue weighted by atomic mass is 16.4. The summed E-state index contributed by atoms with van der Waals surface area (Å²) in [6.45, 7) is 4.79. The lowest BCUT2D eigenvalue weighted by atomic mass is 9.90. The summed E-state index contributed by atoms with van der Waals surface area (Å²) in [7, 11) is 0. The van der Waals surface area contributed by atoms with E-state index in [9.17, 15) is 4.79 Å². The van der Waals surface area contributed by atoms with Crippen molar-refractivity contribution in [2.45, 2.75) is 39.5 Å². The van der Waals surface area contributed by atoms with Crippen molar-refractivity contribution >= 4 is 5.97 Å². The molecule has 0 aromatic rings. The number of hydrogen-bond acceptors (Lipinski definition) is 2. The van der Waals surface area contributed by atoms with Gasteiger partial charge < -0.3 is 10.8 Å². The van der Waals surface area contributed by atoms with Gasteiger partial charge in [0.05, 0.1) is 0 Å². The van der Waals surface area contributed by atoms with E-state index in [4.69, 9.17) is 10.8 Å². The first kappa shape index (κ1) is 12.4. The largest absolute Gasteiger partial charge is 0.481 e. The summed E-state index contributed by atoms with van der Waals surface area (Å²) in [6, 6.07) is 0. The first-order valence-corrected chi connectivity index (χ1v) is 5.02. The van der Waals surface area contributed by atoms with E-state index in [1.54, 1.807) is 0 Å². The third kappa shape index (κ3) is 6.58. The number of rotatable bonds is 7. The van der Waals surface area contributed by atoms with Crippen LogP contribution in [-0.2, 0) is 4.79 Å². The topological polar surface area (TPSA) is 63.3 Å². The van der Waals surface area contributed by atoms with Crippen molar-refractivity contribution in [1.82, 2.24) is 0 Å². The van der Waals surface area contributed by atoms with Gasteiger partial charge in [0.15, 0.2) is 0 Å². The summed E-state index contributed by atoms with van der Waals surface area (Å²) in [5.41, 5.74) is 5.50. The van der Waals surface area contributed by atoms with E-state index < -0.39 is 5.97 Å². The minimum absolute atomic E-state index is 0.152. The molecule has 0 aliphatic carbocycles. The molecule has 3 nitrogen and oxygen atoms in total. The molecule has 0 saturated carbocycles. The standard InChI is InChI=1S/C10H21NO2/c1-3-4-8(2)5-9(7-11)6-10(12)13/h8-9H,3-7,11H2,1-2H3,(H,12,13)/t8-,9-/m0/s1. The van der Waals surface area contributed by atoms with Crippen molar-refractivity contribution in [2.75, 3.05) is 6.54 Å². The number of nitrogens with two attached hydrogens (primary N) is 1. The van der Waals surface area contributed by atoms with Crippen LogP contribution in [0.5, 0.6) is 0 Å². The lowest BCUT2D eigenvalue weighted by Crippen LogP contribution is -2.20. The Morgan fingerprint density at radius 3 is 2.54 bits per heavy atom. The molecule has 0 unspecified atom stereocenters. The minimum atomic E-state index is -0.737. The molecule has 0 bridgehead atoms. The maximum absolute atomic E-state index is 10.5. The third-order valence-electron chi connectivity index (χ3n) is 2.31. The predicted octanol–water partition coefficient (Wildman–Crippen LogP) is 1.86. The van der Waals surface area contributed by atoms with Gasteiger partial charge in [0.25, 0.3) is 0 Å². The molecule has 0 aromatic carbocycles. The van der Waals surface area contributed by atoms with Crippen LogP contribution in [0.2, 0.25) is 0 Å². The quantitative estimate of drug-likeness (QED) is 0.639. The molecule has 0 spiro atoms. The average Bonchev–Trinajstić information content (AvgIpc) is 2.02. The Hall–Kier alpha value is -0.570. The van der Waals surface area contributed by atoms with Gasteiger partial charge in [0.2, 0.25) is 0 Å². The molecule has 78 valence electrons. The lowest BCUT2D eigenvalue weighted by Gasteiger charge is -2.17. The molecule has 0 fully saturated rings. The van der Waals surface area contributed by atoms with Gasteiger partial charge in [0.1, 0.15) is 0 Å². The van der Waals surface area contributed by atoms with E-state index in [0.717, 1.165) is 19.3 Å². The van der Waals surface area contributed by atoms with Crippen molar-refractivity contribution in [3.05, 3.63) is 0 Å². The van der Waals surface area contributed by atoms with E-state index in [-0.39, 0.29) is 12.3 Å². The molecule has 2 atom stereocenters. The molecule has 0 saturated heterocycles. The molecule has 13 heavy (non-hydrogen) atoms. The van der Waals surface area contributed by atoms with E-state index in [0.29, 0.717) is 12.5 Å².